The number of fused-ring (bicyclic) bond motifs is 9. The molecule has 5 aromatic carbocycles. The van der Waals surface area contributed by atoms with Crippen LogP contribution in [0.3, 0.4) is 0 Å². The molecule has 0 amide bonds. The lowest BCUT2D eigenvalue weighted by Gasteiger charge is -2.45. The lowest BCUT2D eigenvalue weighted by atomic mass is 9.64. The van der Waals surface area contributed by atoms with E-state index in [1.165, 1.54) is 22.3 Å². The summed E-state index contributed by atoms with van der Waals surface area (Å²) in [5, 5.41) is 0. The van der Waals surface area contributed by atoms with Gasteiger partial charge in [0.25, 0.3) is 0 Å². The van der Waals surface area contributed by atoms with Crippen LogP contribution in [0.1, 0.15) is 47.6 Å². The Morgan fingerprint density at radius 1 is 0.545 bits per heavy atom. The molecule has 1 atom stereocenters. The molecule has 2 aliphatic rings. The summed E-state index contributed by atoms with van der Waals surface area (Å²) in [7, 11) is 6.79. The van der Waals surface area contributed by atoms with E-state index in [9.17, 15) is 0 Å². The molecule has 0 N–H and O–H groups in total. The van der Waals surface area contributed by atoms with E-state index in [4.69, 9.17) is 18.9 Å². The molecule has 5 heteroatoms. The summed E-state index contributed by atoms with van der Waals surface area (Å²) in [4.78, 5) is 2.38. The Hall–Kier alpha value is -4.90. The quantitative estimate of drug-likeness (QED) is 0.178. The first-order chi connectivity index (χ1) is 21.6. The molecule has 1 aliphatic heterocycles. The van der Waals surface area contributed by atoms with Crippen molar-refractivity contribution in [3.8, 4) is 34.1 Å². The zero-order valence-corrected chi connectivity index (χ0v) is 25.9. The summed E-state index contributed by atoms with van der Waals surface area (Å²) in [5.41, 5.74) is 10.9. The van der Waals surface area contributed by atoms with Crippen LogP contribution in [-0.4, -0.2) is 28.4 Å². The van der Waals surface area contributed by atoms with Crippen molar-refractivity contribution in [1.82, 2.24) is 0 Å². The van der Waals surface area contributed by atoms with Gasteiger partial charge in [-0.15, -0.1) is 0 Å². The SMILES string of the molecule is CCCCc1cccc(N2c3ccccc3C3(c4ccccc4-c4cc(OC)c(OC)cc43)c3cc(OC)c(OC)cc32)c1. The number of hydrogen-bond donors (Lipinski definition) is 0. The van der Waals surface area contributed by atoms with Gasteiger partial charge in [0.05, 0.1) is 45.2 Å². The van der Waals surface area contributed by atoms with Crippen LogP contribution < -0.4 is 23.8 Å². The molecule has 0 saturated heterocycles. The predicted molar refractivity (Wildman–Crippen MR) is 177 cm³/mol. The molecule has 1 heterocycles. The van der Waals surface area contributed by atoms with Crippen LogP contribution in [0.5, 0.6) is 23.0 Å². The Balaban J connectivity index is 1.62. The molecule has 1 unspecified atom stereocenters. The Morgan fingerprint density at radius 2 is 1.18 bits per heavy atom. The van der Waals surface area contributed by atoms with Crippen molar-refractivity contribution in [2.75, 3.05) is 33.3 Å². The standard InChI is InChI=1S/C39H37NO4/c1-6-7-13-25-14-12-15-26(20-25)40-33-19-11-10-18-30(33)39(32-23-37(43-4)38(44-5)24-34(32)40)29-17-9-8-16-27(29)28-21-35(41-2)36(42-3)22-31(28)39/h8-12,14-24H,6-7,13H2,1-5H3. The number of nitrogens with zero attached hydrogens (tertiary/aromatic N) is 1. The van der Waals surface area contributed by atoms with Gasteiger partial charge in [-0.25, -0.2) is 0 Å². The maximum Gasteiger partial charge on any atom is 0.162 e. The normalized spacial score (nSPS) is 15.7. The highest BCUT2D eigenvalue weighted by molar-refractivity contribution is 5.97. The maximum atomic E-state index is 5.97. The number of rotatable bonds is 8. The zero-order valence-electron chi connectivity index (χ0n) is 25.9. The van der Waals surface area contributed by atoms with Crippen molar-refractivity contribution in [3.05, 3.63) is 125 Å². The van der Waals surface area contributed by atoms with Crippen molar-refractivity contribution in [2.24, 2.45) is 0 Å². The summed E-state index contributed by atoms with van der Waals surface area (Å²) in [6.45, 7) is 2.24. The third-order valence-corrected chi connectivity index (χ3v) is 9.23. The number of hydrogen-bond acceptors (Lipinski definition) is 5. The molecule has 0 bridgehead atoms. The number of anilines is 3. The van der Waals surface area contributed by atoms with Gasteiger partial charge < -0.3 is 23.8 Å². The van der Waals surface area contributed by atoms with E-state index < -0.39 is 5.41 Å². The van der Waals surface area contributed by atoms with Gasteiger partial charge in [0.15, 0.2) is 23.0 Å². The van der Waals surface area contributed by atoms with E-state index in [0.29, 0.717) is 23.0 Å². The summed E-state index contributed by atoms with van der Waals surface area (Å²) in [6.07, 6.45) is 3.36. The minimum atomic E-state index is -0.646. The van der Waals surface area contributed by atoms with Crippen molar-refractivity contribution < 1.29 is 18.9 Å². The number of methoxy groups -OCH3 is 4. The molecule has 222 valence electrons. The molecule has 1 aliphatic carbocycles. The number of benzene rings is 5. The highest BCUT2D eigenvalue weighted by Gasteiger charge is 2.52. The molecular formula is C39H37NO4. The van der Waals surface area contributed by atoms with Crippen molar-refractivity contribution >= 4 is 17.1 Å². The average Bonchev–Trinajstić information content (AvgIpc) is 3.36. The van der Waals surface area contributed by atoms with Gasteiger partial charge in [0.1, 0.15) is 0 Å². The lowest BCUT2D eigenvalue weighted by molar-refractivity contribution is 0.353. The first-order valence-electron chi connectivity index (χ1n) is 15.2. The zero-order chi connectivity index (χ0) is 30.4. The Bertz CT molecular complexity index is 1880. The summed E-state index contributed by atoms with van der Waals surface area (Å²) < 4.78 is 23.6. The second-order valence-corrected chi connectivity index (χ2v) is 11.4. The Kier molecular flexibility index (Phi) is 6.97. The van der Waals surface area contributed by atoms with Crippen LogP contribution in [0.4, 0.5) is 17.1 Å². The monoisotopic (exact) mass is 583 g/mol. The third-order valence-electron chi connectivity index (χ3n) is 9.23. The molecule has 1 spiro atoms. The molecule has 44 heavy (non-hydrogen) atoms. The van der Waals surface area contributed by atoms with Crippen molar-refractivity contribution in [2.45, 2.75) is 31.6 Å². The van der Waals surface area contributed by atoms with Gasteiger partial charge >= 0.3 is 0 Å². The number of aryl methyl sites for hydroxylation is 1. The topological polar surface area (TPSA) is 40.2 Å². The number of para-hydroxylation sites is 1. The second-order valence-electron chi connectivity index (χ2n) is 11.4. The van der Waals surface area contributed by atoms with Crippen LogP contribution in [0.2, 0.25) is 0 Å². The van der Waals surface area contributed by atoms with Crippen molar-refractivity contribution in [1.29, 1.82) is 0 Å². The smallest absolute Gasteiger partial charge is 0.162 e. The molecule has 0 radical (unpaired) electrons. The van der Waals surface area contributed by atoms with Crippen LogP contribution in [0, 0.1) is 0 Å². The summed E-state index contributed by atoms with van der Waals surface area (Å²) in [5.74, 6) is 2.78. The minimum absolute atomic E-state index is 0.646. The molecular weight excluding hydrogens is 546 g/mol. The van der Waals surface area contributed by atoms with E-state index in [1.54, 1.807) is 28.4 Å². The maximum absolute atomic E-state index is 5.97. The Morgan fingerprint density at radius 3 is 1.91 bits per heavy atom. The summed E-state index contributed by atoms with van der Waals surface area (Å²) in [6, 6.07) is 35.0. The first-order valence-corrected chi connectivity index (χ1v) is 15.2. The lowest BCUT2D eigenvalue weighted by Crippen LogP contribution is -2.36. The molecule has 5 nitrogen and oxygen atoms in total. The fourth-order valence-electron chi connectivity index (χ4n) is 7.31. The molecule has 5 aromatic rings. The predicted octanol–water partition coefficient (Wildman–Crippen LogP) is 9.21. The molecule has 7 rings (SSSR count). The van der Waals surface area contributed by atoms with Crippen LogP contribution in [0.15, 0.2) is 97.1 Å². The fraction of sp³-hybridized carbons (Fsp3) is 0.231. The van der Waals surface area contributed by atoms with Gasteiger partial charge in [-0.3, -0.25) is 0 Å². The Labute approximate surface area is 259 Å². The van der Waals surface area contributed by atoms with Crippen LogP contribution in [0.25, 0.3) is 11.1 Å². The van der Waals surface area contributed by atoms with E-state index >= 15 is 0 Å². The largest absolute Gasteiger partial charge is 0.493 e. The summed E-state index contributed by atoms with van der Waals surface area (Å²) >= 11 is 0. The van der Waals surface area contributed by atoms with Crippen LogP contribution in [-0.2, 0) is 11.8 Å². The second kappa shape index (κ2) is 11.0. The fourth-order valence-corrected chi connectivity index (χ4v) is 7.31. The third kappa shape index (κ3) is 3.92. The highest BCUT2D eigenvalue weighted by Crippen LogP contribution is 2.65. The van der Waals surface area contributed by atoms with Gasteiger partial charge in [0.2, 0.25) is 0 Å². The van der Waals surface area contributed by atoms with Crippen molar-refractivity contribution in [3.63, 3.8) is 0 Å². The van der Waals surface area contributed by atoms with Gasteiger partial charge in [-0.05, 0) is 88.2 Å². The van der Waals surface area contributed by atoms with E-state index in [0.717, 1.165) is 53.0 Å². The van der Waals surface area contributed by atoms with Gasteiger partial charge in [0, 0.05) is 11.8 Å². The van der Waals surface area contributed by atoms with Gasteiger partial charge in [-0.2, -0.15) is 0 Å². The highest BCUT2D eigenvalue weighted by atomic mass is 16.5. The molecule has 0 saturated carbocycles. The molecule has 0 fully saturated rings. The van der Waals surface area contributed by atoms with E-state index in [-0.39, 0.29) is 0 Å². The van der Waals surface area contributed by atoms with Crippen LogP contribution >= 0.6 is 0 Å². The van der Waals surface area contributed by atoms with E-state index in [1.807, 2.05) is 0 Å². The van der Waals surface area contributed by atoms with E-state index in [2.05, 4.69) is 109 Å². The molecule has 0 aromatic heterocycles. The average molecular weight is 584 g/mol. The number of unbranched alkanes of at least 4 members (excludes halogenated alkanes) is 1. The number of ether oxygens (including phenoxy) is 4. The van der Waals surface area contributed by atoms with Gasteiger partial charge in [-0.1, -0.05) is 67.9 Å². The minimum Gasteiger partial charge on any atom is -0.493 e. The first kappa shape index (κ1) is 27.9.